The highest BCUT2D eigenvalue weighted by atomic mass is 19.3. The standard InChI is InChI=1S/C18H19F2NO3/c1-11(2)12-7-9-13(10-8-12)21-17(22)14-5-4-6-15(23-3)16(14)24-18(19)20/h4-11,18H,1-3H3,(H,21,22). The zero-order chi connectivity index (χ0) is 17.7. The number of nitrogens with one attached hydrogen (secondary N) is 1. The van der Waals surface area contributed by atoms with Gasteiger partial charge in [0.15, 0.2) is 11.5 Å². The molecule has 0 atom stereocenters. The molecule has 1 N–H and O–H groups in total. The zero-order valence-corrected chi connectivity index (χ0v) is 13.7. The molecule has 0 aliphatic carbocycles. The molecule has 1 amide bonds. The number of carbonyl (C=O) groups excluding carboxylic acids is 1. The highest BCUT2D eigenvalue weighted by Gasteiger charge is 2.20. The molecule has 0 aliphatic rings. The summed E-state index contributed by atoms with van der Waals surface area (Å²) in [7, 11) is 1.32. The summed E-state index contributed by atoms with van der Waals surface area (Å²) < 4.78 is 34.7. The highest BCUT2D eigenvalue weighted by molar-refractivity contribution is 6.06. The molecule has 2 rings (SSSR count). The van der Waals surface area contributed by atoms with Gasteiger partial charge < -0.3 is 14.8 Å². The monoisotopic (exact) mass is 335 g/mol. The average molecular weight is 335 g/mol. The Labute approximate surface area is 139 Å². The van der Waals surface area contributed by atoms with Crippen molar-refractivity contribution in [3.8, 4) is 11.5 Å². The van der Waals surface area contributed by atoms with Crippen LogP contribution < -0.4 is 14.8 Å². The highest BCUT2D eigenvalue weighted by Crippen LogP contribution is 2.33. The van der Waals surface area contributed by atoms with Crippen molar-refractivity contribution in [3.63, 3.8) is 0 Å². The van der Waals surface area contributed by atoms with E-state index in [4.69, 9.17) is 4.74 Å². The zero-order valence-electron chi connectivity index (χ0n) is 13.7. The van der Waals surface area contributed by atoms with Crippen molar-refractivity contribution in [1.82, 2.24) is 0 Å². The number of hydrogen-bond donors (Lipinski definition) is 1. The number of alkyl halides is 2. The van der Waals surface area contributed by atoms with E-state index in [1.807, 2.05) is 12.1 Å². The minimum Gasteiger partial charge on any atom is -0.493 e. The summed E-state index contributed by atoms with van der Waals surface area (Å²) in [4.78, 5) is 12.4. The van der Waals surface area contributed by atoms with Gasteiger partial charge in [-0.15, -0.1) is 0 Å². The third-order valence-electron chi connectivity index (χ3n) is 3.49. The molecule has 0 radical (unpaired) electrons. The number of anilines is 1. The summed E-state index contributed by atoms with van der Waals surface area (Å²) in [6.07, 6.45) is 0. The van der Waals surface area contributed by atoms with Crippen LogP contribution >= 0.6 is 0 Å². The second-order valence-electron chi connectivity index (χ2n) is 5.45. The van der Waals surface area contributed by atoms with Crippen LogP contribution in [0.2, 0.25) is 0 Å². The van der Waals surface area contributed by atoms with E-state index in [0.29, 0.717) is 11.6 Å². The Morgan fingerprint density at radius 3 is 2.29 bits per heavy atom. The molecule has 2 aromatic rings. The maximum atomic E-state index is 12.6. The van der Waals surface area contributed by atoms with Gasteiger partial charge in [0.1, 0.15) is 0 Å². The molecule has 6 heteroatoms. The summed E-state index contributed by atoms with van der Waals surface area (Å²) in [6, 6.07) is 11.7. The van der Waals surface area contributed by atoms with E-state index in [-0.39, 0.29) is 17.1 Å². The number of para-hydroxylation sites is 1. The molecule has 0 saturated heterocycles. The van der Waals surface area contributed by atoms with Crippen molar-refractivity contribution in [2.24, 2.45) is 0 Å². The van der Waals surface area contributed by atoms with Crippen LogP contribution in [0, 0.1) is 0 Å². The number of rotatable bonds is 6. The quantitative estimate of drug-likeness (QED) is 0.834. The van der Waals surface area contributed by atoms with Crippen molar-refractivity contribution >= 4 is 11.6 Å². The van der Waals surface area contributed by atoms with Gasteiger partial charge in [0.2, 0.25) is 0 Å². The summed E-state index contributed by atoms with van der Waals surface area (Å²) in [5, 5.41) is 2.67. The van der Waals surface area contributed by atoms with Crippen molar-refractivity contribution < 1.29 is 23.0 Å². The Kier molecular flexibility index (Phi) is 5.73. The Balaban J connectivity index is 2.25. The lowest BCUT2D eigenvalue weighted by Gasteiger charge is -2.14. The minimum atomic E-state index is -3.06. The predicted molar refractivity (Wildman–Crippen MR) is 88.1 cm³/mol. The van der Waals surface area contributed by atoms with Gasteiger partial charge in [-0.05, 0) is 35.7 Å². The maximum Gasteiger partial charge on any atom is 0.387 e. The van der Waals surface area contributed by atoms with Crippen LogP contribution in [-0.4, -0.2) is 19.6 Å². The molecule has 0 saturated carbocycles. The first-order valence-electron chi connectivity index (χ1n) is 7.45. The van der Waals surface area contributed by atoms with Gasteiger partial charge >= 0.3 is 6.61 Å². The molecule has 2 aromatic carbocycles. The number of hydrogen-bond acceptors (Lipinski definition) is 3. The van der Waals surface area contributed by atoms with Gasteiger partial charge in [-0.2, -0.15) is 8.78 Å². The van der Waals surface area contributed by atoms with E-state index < -0.39 is 12.5 Å². The number of methoxy groups -OCH3 is 1. The van der Waals surface area contributed by atoms with Crippen LogP contribution in [0.4, 0.5) is 14.5 Å². The minimum absolute atomic E-state index is 0.0254. The first kappa shape index (κ1) is 17.7. The van der Waals surface area contributed by atoms with Gasteiger partial charge in [-0.3, -0.25) is 4.79 Å². The first-order chi connectivity index (χ1) is 11.4. The number of carbonyl (C=O) groups is 1. The molecule has 4 nitrogen and oxygen atoms in total. The van der Waals surface area contributed by atoms with Gasteiger partial charge in [0, 0.05) is 5.69 Å². The van der Waals surface area contributed by atoms with Crippen molar-refractivity contribution in [3.05, 3.63) is 53.6 Å². The molecule has 0 aliphatic heterocycles. The third-order valence-corrected chi connectivity index (χ3v) is 3.49. The summed E-state index contributed by atoms with van der Waals surface area (Å²) >= 11 is 0. The van der Waals surface area contributed by atoms with E-state index in [1.54, 1.807) is 12.1 Å². The fourth-order valence-corrected chi connectivity index (χ4v) is 2.22. The Morgan fingerprint density at radius 1 is 1.08 bits per heavy atom. The second kappa shape index (κ2) is 7.77. The summed E-state index contributed by atoms with van der Waals surface area (Å²) in [5.74, 6) is -0.398. The molecule has 0 unspecified atom stereocenters. The fourth-order valence-electron chi connectivity index (χ4n) is 2.22. The van der Waals surface area contributed by atoms with Crippen LogP contribution in [0.3, 0.4) is 0 Å². The largest absolute Gasteiger partial charge is 0.493 e. The van der Waals surface area contributed by atoms with Crippen LogP contribution in [-0.2, 0) is 0 Å². The number of benzene rings is 2. The molecule has 24 heavy (non-hydrogen) atoms. The van der Waals surface area contributed by atoms with Crippen LogP contribution in [0.15, 0.2) is 42.5 Å². The topological polar surface area (TPSA) is 47.6 Å². The number of halogens is 2. The predicted octanol–water partition coefficient (Wildman–Crippen LogP) is 4.67. The van der Waals surface area contributed by atoms with Crippen LogP contribution in [0.5, 0.6) is 11.5 Å². The van der Waals surface area contributed by atoms with E-state index in [0.717, 1.165) is 5.56 Å². The van der Waals surface area contributed by atoms with E-state index in [9.17, 15) is 13.6 Å². The fraction of sp³-hybridized carbons (Fsp3) is 0.278. The van der Waals surface area contributed by atoms with Crippen molar-refractivity contribution in [1.29, 1.82) is 0 Å². The van der Waals surface area contributed by atoms with Gasteiger partial charge in [-0.1, -0.05) is 32.0 Å². The Morgan fingerprint density at radius 2 is 1.75 bits per heavy atom. The molecule has 128 valence electrons. The summed E-state index contributed by atoms with van der Waals surface area (Å²) in [5.41, 5.74) is 1.67. The molecule has 0 spiro atoms. The Hall–Kier alpha value is -2.63. The lowest BCUT2D eigenvalue weighted by Crippen LogP contribution is -2.15. The van der Waals surface area contributed by atoms with Crippen molar-refractivity contribution in [2.75, 3.05) is 12.4 Å². The molecule has 0 fully saturated rings. The number of amides is 1. The second-order valence-corrected chi connectivity index (χ2v) is 5.45. The normalized spacial score (nSPS) is 10.8. The smallest absolute Gasteiger partial charge is 0.387 e. The lowest BCUT2D eigenvalue weighted by molar-refractivity contribution is -0.0515. The maximum absolute atomic E-state index is 12.6. The van der Waals surface area contributed by atoms with E-state index in [2.05, 4.69) is 23.9 Å². The van der Waals surface area contributed by atoms with Crippen molar-refractivity contribution in [2.45, 2.75) is 26.4 Å². The third kappa shape index (κ3) is 4.22. The van der Waals surface area contributed by atoms with Gasteiger partial charge in [-0.25, -0.2) is 0 Å². The molecular weight excluding hydrogens is 316 g/mol. The Bertz CT molecular complexity index is 700. The van der Waals surface area contributed by atoms with E-state index in [1.165, 1.54) is 25.3 Å². The lowest BCUT2D eigenvalue weighted by atomic mass is 10.0. The van der Waals surface area contributed by atoms with E-state index >= 15 is 0 Å². The first-order valence-corrected chi connectivity index (χ1v) is 7.45. The van der Waals surface area contributed by atoms with Crippen LogP contribution in [0.25, 0.3) is 0 Å². The average Bonchev–Trinajstić information content (AvgIpc) is 2.55. The number of ether oxygens (including phenoxy) is 2. The SMILES string of the molecule is COc1cccc(C(=O)Nc2ccc(C(C)C)cc2)c1OC(F)F. The molecule has 0 heterocycles. The summed E-state index contributed by atoms with van der Waals surface area (Å²) in [6.45, 7) is 1.08. The van der Waals surface area contributed by atoms with Gasteiger partial charge in [0.05, 0.1) is 12.7 Å². The van der Waals surface area contributed by atoms with Gasteiger partial charge in [0.25, 0.3) is 5.91 Å². The van der Waals surface area contributed by atoms with Crippen LogP contribution in [0.1, 0.15) is 35.7 Å². The molecule has 0 bridgehead atoms. The molecule has 0 aromatic heterocycles. The molecular formula is C18H19F2NO3.